The van der Waals surface area contributed by atoms with Gasteiger partial charge >= 0.3 is 0 Å². The van der Waals surface area contributed by atoms with Crippen LogP contribution in [-0.2, 0) is 14.6 Å². The standard InChI is InChI=1S/C15H20N2O4S/c1-3-14(18)16-8-10-17(11-9-16)15(19)12-4-6-13(7-5-12)22(2,20)21/h4-7H,3,8-11H2,1-2H3. The van der Waals surface area contributed by atoms with E-state index in [0.717, 1.165) is 6.26 Å². The Morgan fingerprint density at radius 3 is 1.95 bits per heavy atom. The zero-order valence-corrected chi connectivity index (χ0v) is 13.6. The van der Waals surface area contributed by atoms with Gasteiger partial charge in [0, 0.05) is 44.4 Å². The second-order valence-electron chi connectivity index (χ2n) is 5.32. The molecule has 0 aliphatic carbocycles. The Morgan fingerprint density at radius 2 is 1.50 bits per heavy atom. The lowest BCUT2D eigenvalue weighted by Gasteiger charge is -2.34. The molecule has 1 heterocycles. The summed E-state index contributed by atoms with van der Waals surface area (Å²) in [7, 11) is -3.26. The molecule has 0 saturated carbocycles. The topological polar surface area (TPSA) is 74.8 Å². The van der Waals surface area contributed by atoms with Crippen molar-refractivity contribution in [1.82, 2.24) is 9.80 Å². The van der Waals surface area contributed by atoms with E-state index >= 15 is 0 Å². The first-order valence-corrected chi connectivity index (χ1v) is 9.09. The lowest BCUT2D eigenvalue weighted by molar-refractivity contribution is -0.132. The van der Waals surface area contributed by atoms with E-state index < -0.39 is 9.84 Å². The first-order chi connectivity index (χ1) is 10.3. The van der Waals surface area contributed by atoms with Crippen molar-refractivity contribution < 1.29 is 18.0 Å². The van der Waals surface area contributed by atoms with Crippen LogP contribution in [0.2, 0.25) is 0 Å². The molecule has 0 aromatic heterocycles. The van der Waals surface area contributed by atoms with Crippen molar-refractivity contribution in [2.75, 3.05) is 32.4 Å². The summed E-state index contributed by atoms with van der Waals surface area (Å²) in [6.07, 6.45) is 1.61. The molecule has 0 spiro atoms. The molecule has 0 radical (unpaired) electrons. The van der Waals surface area contributed by atoms with E-state index in [9.17, 15) is 18.0 Å². The van der Waals surface area contributed by atoms with Gasteiger partial charge in [-0.25, -0.2) is 8.42 Å². The van der Waals surface area contributed by atoms with Gasteiger partial charge in [0.25, 0.3) is 5.91 Å². The first-order valence-electron chi connectivity index (χ1n) is 7.20. The number of sulfone groups is 1. The number of hydrogen-bond acceptors (Lipinski definition) is 4. The summed E-state index contributed by atoms with van der Waals surface area (Å²) in [6.45, 7) is 3.90. The van der Waals surface area contributed by atoms with Crippen LogP contribution in [0.25, 0.3) is 0 Å². The molecule has 0 N–H and O–H groups in total. The highest BCUT2D eigenvalue weighted by molar-refractivity contribution is 7.90. The Labute approximate surface area is 130 Å². The average Bonchev–Trinajstić information content (AvgIpc) is 2.53. The van der Waals surface area contributed by atoms with Crippen LogP contribution in [-0.4, -0.2) is 62.5 Å². The maximum Gasteiger partial charge on any atom is 0.253 e. The van der Waals surface area contributed by atoms with Crippen LogP contribution in [0.15, 0.2) is 29.2 Å². The number of carbonyl (C=O) groups is 2. The monoisotopic (exact) mass is 324 g/mol. The second-order valence-corrected chi connectivity index (χ2v) is 7.34. The molecular formula is C15H20N2O4S. The van der Waals surface area contributed by atoms with Gasteiger partial charge < -0.3 is 9.80 Å². The Hall–Kier alpha value is -1.89. The molecule has 2 amide bonds. The van der Waals surface area contributed by atoms with Gasteiger partial charge in [-0.05, 0) is 24.3 Å². The Bertz CT molecular complexity index is 659. The summed E-state index contributed by atoms with van der Waals surface area (Å²) in [4.78, 5) is 27.6. The molecule has 1 aromatic carbocycles. The molecule has 7 heteroatoms. The SMILES string of the molecule is CCC(=O)N1CCN(C(=O)c2ccc(S(C)(=O)=O)cc2)CC1. The summed E-state index contributed by atoms with van der Waals surface area (Å²) in [5.74, 6) is -0.0340. The predicted molar refractivity (Wildman–Crippen MR) is 82.3 cm³/mol. The molecule has 1 aliphatic rings. The maximum atomic E-state index is 12.4. The van der Waals surface area contributed by atoms with Crippen LogP contribution in [0.5, 0.6) is 0 Å². The summed E-state index contributed by atoms with van der Waals surface area (Å²) in [5, 5.41) is 0. The molecule has 22 heavy (non-hydrogen) atoms. The molecule has 1 aliphatic heterocycles. The maximum absolute atomic E-state index is 12.4. The number of rotatable bonds is 3. The van der Waals surface area contributed by atoms with E-state index in [2.05, 4.69) is 0 Å². The lowest BCUT2D eigenvalue weighted by atomic mass is 10.2. The molecule has 0 atom stereocenters. The smallest absolute Gasteiger partial charge is 0.253 e. The lowest BCUT2D eigenvalue weighted by Crippen LogP contribution is -2.50. The highest BCUT2D eigenvalue weighted by Gasteiger charge is 2.24. The number of carbonyl (C=O) groups excluding carboxylic acids is 2. The normalized spacial score (nSPS) is 15.7. The fourth-order valence-electron chi connectivity index (χ4n) is 2.41. The van der Waals surface area contributed by atoms with E-state index in [0.29, 0.717) is 38.2 Å². The second kappa shape index (κ2) is 6.48. The fraction of sp³-hybridized carbons (Fsp3) is 0.467. The molecular weight excluding hydrogens is 304 g/mol. The Morgan fingerprint density at radius 1 is 1.00 bits per heavy atom. The van der Waals surface area contributed by atoms with Crippen LogP contribution in [0.4, 0.5) is 0 Å². The van der Waals surface area contributed by atoms with Gasteiger partial charge in [-0.15, -0.1) is 0 Å². The third kappa shape index (κ3) is 3.65. The number of nitrogens with zero attached hydrogens (tertiary/aromatic N) is 2. The van der Waals surface area contributed by atoms with Gasteiger partial charge in [0.05, 0.1) is 4.90 Å². The van der Waals surface area contributed by atoms with Crippen LogP contribution < -0.4 is 0 Å². The molecule has 0 bridgehead atoms. The molecule has 1 fully saturated rings. The van der Waals surface area contributed by atoms with E-state index in [4.69, 9.17) is 0 Å². The molecule has 120 valence electrons. The van der Waals surface area contributed by atoms with Crippen LogP contribution in [0, 0.1) is 0 Å². The van der Waals surface area contributed by atoms with Crippen LogP contribution >= 0.6 is 0 Å². The van der Waals surface area contributed by atoms with E-state index in [1.54, 1.807) is 9.80 Å². The van der Waals surface area contributed by atoms with Crippen LogP contribution in [0.3, 0.4) is 0 Å². The first kappa shape index (κ1) is 16.5. The van der Waals surface area contributed by atoms with E-state index in [-0.39, 0.29) is 16.7 Å². The fourth-order valence-corrected chi connectivity index (χ4v) is 3.04. The molecule has 1 saturated heterocycles. The van der Waals surface area contributed by atoms with E-state index in [1.807, 2.05) is 6.92 Å². The number of benzene rings is 1. The summed E-state index contributed by atoms with van der Waals surface area (Å²) < 4.78 is 22.8. The number of hydrogen-bond donors (Lipinski definition) is 0. The minimum Gasteiger partial charge on any atom is -0.339 e. The third-order valence-corrected chi connectivity index (χ3v) is 4.88. The van der Waals surface area contributed by atoms with Crippen molar-refractivity contribution in [2.45, 2.75) is 18.2 Å². The minimum atomic E-state index is -3.26. The van der Waals surface area contributed by atoms with Gasteiger partial charge in [-0.2, -0.15) is 0 Å². The summed E-state index contributed by atoms with van der Waals surface area (Å²) >= 11 is 0. The average molecular weight is 324 g/mol. The van der Waals surface area contributed by atoms with Gasteiger partial charge in [-0.3, -0.25) is 9.59 Å². The van der Waals surface area contributed by atoms with Crippen molar-refractivity contribution in [2.24, 2.45) is 0 Å². The predicted octanol–water partition coefficient (Wildman–Crippen LogP) is 0.784. The van der Waals surface area contributed by atoms with Gasteiger partial charge in [0.15, 0.2) is 9.84 Å². The highest BCUT2D eigenvalue weighted by atomic mass is 32.2. The quantitative estimate of drug-likeness (QED) is 0.824. The van der Waals surface area contributed by atoms with Crippen molar-refractivity contribution in [3.05, 3.63) is 29.8 Å². The molecule has 0 unspecified atom stereocenters. The van der Waals surface area contributed by atoms with Crippen molar-refractivity contribution >= 4 is 21.7 Å². The van der Waals surface area contributed by atoms with Gasteiger partial charge in [0.1, 0.15) is 0 Å². The van der Waals surface area contributed by atoms with Crippen molar-refractivity contribution in [3.63, 3.8) is 0 Å². The minimum absolute atomic E-state index is 0.101. The zero-order chi connectivity index (χ0) is 16.3. The third-order valence-electron chi connectivity index (χ3n) is 3.75. The van der Waals surface area contributed by atoms with Crippen LogP contribution in [0.1, 0.15) is 23.7 Å². The molecule has 6 nitrogen and oxygen atoms in total. The van der Waals surface area contributed by atoms with Gasteiger partial charge in [0.2, 0.25) is 5.91 Å². The summed E-state index contributed by atoms with van der Waals surface area (Å²) in [6, 6.07) is 5.95. The van der Waals surface area contributed by atoms with Crippen molar-refractivity contribution in [3.8, 4) is 0 Å². The van der Waals surface area contributed by atoms with Crippen molar-refractivity contribution in [1.29, 1.82) is 0 Å². The Kier molecular flexibility index (Phi) is 4.85. The largest absolute Gasteiger partial charge is 0.339 e. The van der Waals surface area contributed by atoms with Gasteiger partial charge in [-0.1, -0.05) is 6.92 Å². The Balaban J connectivity index is 2.03. The molecule has 2 rings (SSSR count). The number of amides is 2. The highest BCUT2D eigenvalue weighted by Crippen LogP contribution is 2.13. The molecule has 1 aromatic rings. The zero-order valence-electron chi connectivity index (χ0n) is 12.8. The number of piperazine rings is 1. The summed E-state index contributed by atoms with van der Waals surface area (Å²) in [5.41, 5.74) is 0.461. The van der Waals surface area contributed by atoms with E-state index in [1.165, 1.54) is 24.3 Å².